The highest BCUT2D eigenvalue weighted by Gasteiger charge is 2.57. The normalized spacial score (nSPS) is 35.3. The largest absolute Gasteiger partial charge is 0.376 e. The van der Waals surface area contributed by atoms with Crippen molar-refractivity contribution < 1.29 is 17.9 Å². The quantitative estimate of drug-likeness (QED) is 0.726. The van der Waals surface area contributed by atoms with Gasteiger partial charge in [-0.3, -0.25) is 4.79 Å². The van der Waals surface area contributed by atoms with Crippen LogP contribution in [0.4, 0.5) is 0 Å². The highest BCUT2D eigenvalue weighted by atomic mass is 32.2. The van der Waals surface area contributed by atoms with Gasteiger partial charge in [0.1, 0.15) is 0 Å². The molecule has 5 fully saturated rings. The second kappa shape index (κ2) is 8.16. The van der Waals surface area contributed by atoms with E-state index in [4.69, 9.17) is 4.74 Å². The second-order valence-electron chi connectivity index (χ2n) is 10.1. The molecule has 1 heterocycles. The van der Waals surface area contributed by atoms with Gasteiger partial charge in [0.05, 0.1) is 10.5 Å². The summed E-state index contributed by atoms with van der Waals surface area (Å²) in [6.45, 7) is 1.69. The summed E-state index contributed by atoms with van der Waals surface area (Å²) in [6.07, 6.45) is 9.16. The fourth-order valence-electron chi connectivity index (χ4n) is 7.03. The highest BCUT2D eigenvalue weighted by molar-refractivity contribution is 7.89. The van der Waals surface area contributed by atoms with E-state index < -0.39 is 10.0 Å². The van der Waals surface area contributed by atoms with Gasteiger partial charge < -0.3 is 10.1 Å². The monoisotopic (exact) mass is 446 g/mol. The number of methoxy groups -OCH3 is 1. The summed E-state index contributed by atoms with van der Waals surface area (Å²) in [7, 11) is -1.68. The zero-order chi connectivity index (χ0) is 21.6. The second-order valence-corrected chi connectivity index (χ2v) is 12.1. The average molecular weight is 447 g/mol. The Kier molecular flexibility index (Phi) is 5.64. The van der Waals surface area contributed by atoms with Gasteiger partial charge in [0.15, 0.2) is 0 Å². The van der Waals surface area contributed by atoms with Gasteiger partial charge in [-0.25, -0.2) is 8.42 Å². The van der Waals surface area contributed by atoms with E-state index in [2.05, 4.69) is 5.32 Å². The van der Waals surface area contributed by atoms with Crippen LogP contribution in [0.15, 0.2) is 29.2 Å². The number of carbonyl (C=O) groups is 1. The van der Waals surface area contributed by atoms with Gasteiger partial charge in [0, 0.05) is 32.3 Å². The molecule has 7 heteroatoms. The lowest BCUT2D eigenvalue weighted by atomic mass is 9.49. The Labute approximate surface area is 185 Å². The Balaban J connectivity index is 1.26. The van der Waals surface area contributed by atoms with Crippen molar-refractivity contribution >= 4 is 15.9 Å². The van der Waals surface area contributed by atoms with Crippen LogP contribution in [-0.2, 0) is 14.8 Å². The van der Waals surface area contributed by atoms with Crippen LogP contribution in [0.3, 0.4) is 0 Å². The molecular weight excluding hydrogens is 412 g/mol. The molecule has 0 spiro atoms. The number of nitrogens with zero attached hydrogens (tertiary/aromatic N) is 1. The molecule has 1 amide bonds. The maximum absolute atomic E-state index is 12.9. The molecule has 1 aromatic rings. The van der Waals surface area contributed by atoms with Crippen molar-refractivity contribution in [1.29, 1.82) is 0 Å². The third-order valence-corrected chi connectivity index (χ3v) is 10.4. The Hall–Kier alpha value is -1.44. The van der Waals surface area contributed by atoms with E-state index in [0.29, 0.717) is 37.0 Å². The van der Waals surface area contributed by atoms with Crippen LogP contribution in [0.25, 0.3) is 0 Å². The van der Waals surface area contributed by atoms with Gasteiger partial charge in [-0.05, 0) is 92.9 Å². The number of rotatable bonds is 6. The smallest absolute Gasteiger partial charge is 0.251 e. The summed E-state index contributed by atoms with van der Waals surface area (Å²) >= 11 is 0. The molecule has 1 aromatic carbocycles. The molecule has 0 unspecified atom stereocenters. The lowest BCUT2D eigenvalue weighted by Crippen LogP contribution is -2.63. The first-order valence-electron chi connectivity index (χ1n) is 11.9. The number of hydrogen-bond donors (Lipinski definition) is 1. The zero-order valence-electron chi connectivity index (χ0n) is 18.4. The third-order valence-electron chi connectivity index (χ3n) is 8.49. The Morgan fingerprint density at radius 3 is 2.13 bits per heavy atom. The summed E-state index contributed by atoms with van der Waals surface area (Å²) in [4.78, 5) is 13.1. The number of hydrogen-bond acceptors (Lipinski definition) is 4. The number of piperidine rings is 1. The average Bonchev–Trinajstić information content (AvgIpc) is 2.79. The first kappa shape index (κ1) is 21.4. The van der Waals surface area contributed by atoms with Crippen LogP contribution < -0.4 is 5.32 Å². The van der Waals surface area contributed by atoms with Crippen LogP contribution in [0.5, 0.6) is 0 Å². The minimum Gasteiger partial charge on any atom is -0.376 e. The lowest BCUT2D eigenvalue weighted by molar-refractivity contribution is -0.186. The number of ether oxygens (including phenoxy) is 1. The van der Waals surface area contributed by atoms with Crippen molar-refractivity contribution in [1.82, 2.24) is 9.62 Å². The number of amides is 1. The molecule has 1 saturated heterocycles. The van der Waals surface area contributed by atoms with Crippen LogP contribution >= 0.6 is 0 Å². The molecule has 6 rings (SSSR count). The first-order valence-corrected chi connectivity index (χ1v) is 13.3. The highest BCUT2D eigenvalue weighted by Crippen LogP contribution is 2.59. The number of sulfonamides is 1. The summed E-state index contributed by atoms with van der Waals surface area (Å²) in [6, 6.07) is 6.38. The van der Waals surface area contributed by atoms with E-state index in [-0.39, 0.29) is 16.4 Å². The van der Waals surface area contributed by atoms with Crippen molar-refractivity contribution in [2.75, 3.05) is 26.7 Å². The molecular formula is C24H34N2O4S. The van der Waals surface area contributed by atoms with Crippen molar-refractivity contribution in [2.24, 2.45) is 23.7 Å². The van der Waals surface area contributed by atoms with Gasteiger partial charge in [-0.2, -0.15) is 4.31 Å². The van der Waals surface area contributed by atoms with Gasteiger partial charge in [0.25, 0.3) is 5.91 Å². The molecule has 6 nitrogen and oxygen atoms in total. The van der Waals surface area contributed by atoms with Crippen molar-refractivity contribution in [2.45, 2.75) is 61.9 Å². The number of benzene rings is 1. The molecule has 31 heavy (non-hydrogen) atoms. The molecule has 1 aliphatic heterocycles. The molecule has 0 radical (unpaired) electrons. The van der Waals surface area contributed by atoms with Gasteiger partial charge in [-0.15, -0.1) is 0 Å². The van der Waals surface area contributed by atoms with Crippen molar-refractivity contribution in [3.05, 3.63) is 29.8 Å². The van der Waals surface area contributed by atoms with E-state index in [1.807, 2.05) is 0 Å². The van der Waals surface area contributed by atoms with Crippen molar-refractivity contribution in [3.8, 4) is 0 Å². The van der Waals surface area contributed by atoms with E-state index >= 15 is 0 Å². The standard InChI is InChI=1S/C24H34N2O4S/c1-30-24(20-12-17-11-18(14-20)15-21(24)13-17)16-25-23(27)19-5-7-22(8-6-19)31(28,29)26-9-3-2-4-10-26/h5-8,17-18,20-21H,2-4,9-16H2,1H3,(H,25,27). The van der Waals surface area contributed by atoms with E-state index in [0.717, 1.165) is 31.1 Å². The summed E-state index contributed by atoms with van der Waals surface area (Å²) in [5.74, 6) is 2.59. The number of nitrogens with one attached hydrogen (secondary N) is 1. The minimum atomic E-state index is -3.48. The van der Waals surface area contributed by atoms with Gasteiger partial charge >= 0.3 is 0 Å². The summed E-state index contributed by atoms with van der Waals surface area (Å²) < 4.78 is 33.4. The molecule has 1 N–H and O–H groups in total. The number of carbonyl (C=O) groups excluding carboxylic acids is 1. The predicted octanol–water partition coefficient (Wildman–Crippen LogP) is 3.43. The van der Waals surface area contributed by atoms with Gasteiger partial charge in [-0.1, -0.05) is 6.42 Å². The summed E-state index contributed by atoms with van der Waals surface area (Å²) in [5.41, 5.74) is 0.244. The summed E-state index contributed by atoms with van der Waals surface area (Å²) in [5, 5.41) is 3.12. The Bertz CT molecular complexity index is 893. The fraction of sp³-hybridized carbons (Fsp3) is 0.708. The lowest BCUT2D eigenvalue weighted by Gasteiger charge is -2.60. The molecule has 170 valence electrons. The van der Waals surface area contributed by atoms with Crippen LogP contribution in [0.1, 0.15) is 61.7 Å². The maximum Gasteiger partial charge on any atom is 0.251 e. The molecule has 0 atom stereocenters. The van der Waals surface area contributed by atoms with E-state index in [1.54, 1.807) is 35.7 Å². The maximum atomic E-state index is 12.9. The molecule has 4 saturated carbocycles. The topological polar surface area (TPSA) is 75.7 Å². The van der Waals surface area contributed by atoms with E-state index in [1.165, 1.54) is 32.1 Å². The SMILES string of the molecule is COC1(CNC(=O)c2ccc(S(=O)(=O)N3CCCCC3)cc2)C2CC3CC(C2)CC1C3. The third kappa shape index (κ3) is 3.72. The van der Waals surface area contributed by atoms with E-state index in [9.17, 15) is 13.2 Å². The van der Waals surface area contributed by atoms with Crippen LogP contribution in [-0.4, -0.2) is 51.0 Å². The van der Waals surface area contributed by atoms with Crippen LogP contribution in [0, 0.1) is 23.7 Å². The minimum absolute atomic E-state index is 0.160. The molecule has 0 aromatic heterocycles. The predicted molar refractivity (Wildman–Crippen MR) is 118 cm³/mol. The van der Waals surface area contributed by atoms with Crippen molar-refractivity contribution in [3.63, 3.8) is 0 Å². The molecule has 4 bridgehead atoms. The first-order chi connectivity index (χ1) is 14.9. The molecule has 4 aliphatic carbocycles. The molecule has 5 aliphatic rings. The van der Waals surface area contributed by atoms with Crippen LogP contribution in [0.2, 0.25) is 0 Å². The Morgan fingerprint density at radius 2 is 1.58 bits per heavy atom. The van der Waals surface area contributed by atoms with Gasteiger partial charge in [0.2, 0.25) is 10.0 Å². The fourth-order valence-corrected chi connectivity index (χ4v) is 8.55. The Morgan fingerprint density at radius 1 is 1.00 bits per heavy atom. The zero-order valence-corrected chi connectivity index (χ0v) is 19.2.